The van der Waals surface area contributed by atoms with Crippen molar-refractivity contribution < 1.29 is 13.2 Å². The standard InChI is InChI=1S/C20H25ClN2O3S/c1-15-8-4-5-9-17(15)14-22-20(24)12-7-13-23(27(3,25)26)19-11-6-10-18(21)16(19)2/h4-6,8-11H,7,12-14H2,1-3H3,(H,22,24). The van der Waals surface area contributed by atoms with Gasteiger partial charge in [0, 0.05) is 24.5 Å². The number of benzene rings is 2. The second-order valence-corrected chi connectivity index (χ2v) is 8.84. The molecule has 2 rings (SSSR count). The Hall–Kier alpha value is -2.05. The van der Waals surface area contributed by atoms with Gasteiger partial charge in [0.15, 0.2) is 0 Å². The third kappa shape index (κ3) is 5.97. The van der Waals surface area contributed by atoms with Crippen LogP contribution in [0, 0.1) is 13.8 Å². The lowest BCUT2D eigenvalue weighted by atomic mass is 10.1. The molecule has 1 amide bonds. The maximum Gasteiger partial charge on any atom is 0.232 e. The zero-order chi connectivity index (χ0) is 20.0. The summed E-state index contributed by atoms with van der Waals surface area (Å²) in [4.78, 5) is 12.1. The Balaban J connectivity index is 1.95. The van der Waals surface area contributed by atoms with Gasteiger partial charge in [-0.25, -0.2) is 8.42 Å². The fourth-order valence-corrected chi connectivity index (χ4v) is 3.99. The molecule has 0 aliphatic rings. The molecule has 0 aliphatic heterocycles. The molecule has 0 saturated carbocycles. The van der Waals surface area contributed by atoms with Crippen molar-refractivity contribution in [2.45, 2.75) is 33.2 Å². The number of nitrogens with zero attached hydrogens (tertiary/aromatic N) is 1. The molecule has 0 spiro atoms. The van der Waals surface area contributed by atoms with Crippen LogP contribution in [-0.2, 0) is 21.4 Å². The number of carbonyl (C=O) groups is 1. The maximum absolute atomic E-state index is 12.2. The van der Waals surface area contributed by atoms with Crippen LogP contribution >= 0.6 is 11.6 Å². The van der Waals surface area contributed by atoms with E-state index in [0.29, 0.717) is 29.2 Å². The lowest BCUT2D eigenvalue weighted by Crippen LogP contribution is -2.32. The van der Waals surface area contributed by atoms with E-state index < -0.39 is 10.0 Å². The molecule has 0 aromatic heterocycles. The molecule has 27 heavy (non-hydrogen) atoms. The summed E-state index contributed by atoms with van der Waals surface area (Å²) < 4.78 is 25.7. The molecule has 146 valence electrons. The van der Waals surface area contributed by atoms with Gasteiger partial charge < -0.3 is 5.32 Å². The topological polar surface area (TPSA) is 66.5 Å². The van der Waals surface area contributed by atoms with Crippen LogP contribution in [0.2, 0.25) is 5.02 Å². The Labute approximate surface area is 166 Å². The molecular formula is C20H25ClN2O3S. The first-order chi connectivity index (χ1) is 12.7. The number of rotatable bonds is 8. The van der Waals surface area contributed by atoms with E-state index in [2.05, 4.69) is 5.32 Å². The molecule has 2 aromatic rings. The predicted octanol–water partition coefficient (Wildman–Crippen LogP) is 3.82. The molecule has 0 heterocycles. The summed E-state index contributed by atoms with van der Waals surface area (Å²) in [6.07, 6.45) is 1.82. The van der Waals surface area contributed by atoms with Gasteiger partial charge in [-0.3, -0.25) is 9.10 Å². The van der Waals surface area contributed by atoms with Gasteiger partial charge in [-0.05, 0) is 49.1 Å². The van der Waals surface area contributed by atoms with Crippen molar-refractivity contribution in [1.29, 1.82) is 0 Å². The number of anilines is 1. The van der Waals surface area contributed by atoms with Gasteiger partial charge in [-0.2, -0.15) is 0 Å². The summed E-state index contributed by atoms with van der Waals surface area (Å²) in [7, 11) is -3.47. The molecule has 0 unspecified atom stereocenters. The summed E-state index contributed by atoms with van der Waals surface area (Å²) in [6.45, 7) is 4.47. The zero-order valence-electron chi connectivity index (χ0n) is 15.8. The molecule has 0 bridgehead atoms. The highest BCUT2D eigenvalue weighted by molar-refractivity contribution is 7.92. The van der Waals surface area contributed by atoms with E-state index >= 15 is 0 Å². The molecule has 7 heteroatoms. The monoisotopic (exact) mass is 408 g/mol. The number of hydrogen-bond acceptors (Lipinski definition) is 3. The first-order valence-corrected chi connectivity index (χ1v) is 11.0. The summed E-state index contributed by atoms with van der Waals surface area (Å²) in [5.41, 5.74) is 3.44. The highest BCUT2D eigenvalue weighted by Gasteiger charge is 2.20. The van der Waals surface area contributed by atoms with Crippen molar-refractivity contribution >= 4 is 33.2 Å². The van der Waals surface area contributed by atoms with Crippen LogP contribution in [0.1, 0.15) is 29.5 Å². The number of amides is 1. The number of carbonyl (C=O) groups excluding carboxylic acids is 1. The van der Waals surface area contributed by atoms with Gasteiger partial charge in [0.25, 0.3) is 0 Å². The van der Waals surface area contributed by atoms with Gasteiger partial charge in [0.05, 0.1) is 11.9 Å². The van der Waals surface area contributed by atoms with E-state index in [0.717, 1.165) is 17.4 Å². The van der Waals surface area contributed by atoms with Crippen LogP contribution in [0.3, 0.4) is 0 Å². The van der Waals surface area contributed by atoms with Crippen molar-refractivity contribution in [1.82, 2.24) is 5.32 Å². The third-order valence-electron chi connectivity index (χ3n) is 4.41. The van der Waals surface area contributed by atoms with Gasteiger partial charge >= 0.3 is 0 Å². The van der Waals surface area contributed by atoms with Crippen LogP contribution in [0.15, 0.2) is 42.5 Å². The Bertz CT molecular complexity index is 913. The van der Waals surface area contributed by atoms with E-state index in [1.54, 1.807) is 25.1 Å². The Morgan fingerprint density at radius 1 is 1.11 bits per heavy atom. The van der Waals surface area contributed by atoms with E-state index in [1.807, 2.05) is 31.2 Å². The first-order valence-electron chi connectivity index (χ1n) is 8.74. The van der Waals surface area contributed by atoms with Gasteiger partial charge in [-0.1, -0.05) is 41.9 Å². The number of nitrogens with one attached hydrogen (secondary N) is 1. The number of hydrogen-bond donors (Lipinski definition) is 1. The minimum atomic E-state index is -3.47. The second kappa shape index (κ2) is 9.24. The average molecular weight is 409 g/mol. The molecule has 0 fully saturated rings. The Morgan fingerprint density at radius 2 is 1.81 bits per heavy atom. The summed E-state index contributed by atoms with van der Waals surface area (Å²) in [5.74, 6) is -0.102. The molecule has 0 radical (unpaired) electrons. The summed E-state index contributed by atoms with van der Waals surface area (Å²) in [6, 6.07) is 13.0. The van der Waals surface area contributed by atoms with Crippen molar-refractivity contribution in [3.8, 4) is 0 Å². The maximum atomic E-state index is 12.2. The third-order valence-corrected chi connectivity index (χ3v) is 6.00. The second-order valence-electron chi connectivity index (χ2n) is 6.53. The van der Waals surface area contributed by atoms with Crippen molar-refractivity contribution in [2.24, 2.45) is 0 Å². The molecule has 1 N–H and O–H groups in total. The minimum absolute atomic E-state index is 0.102. The predicted molar refractivity (Wildman–Crippen MR) is 111 cm³/mol. The van der Waals surface area contributed by atoms with Crippen LogP contribution in [-0.4, -0.2) is 27.1 Å². The fraction of sp³-hybridized carbons (Fsp3) is 0.350. The highest BCUT2D eigenvalue weighted by atomic mass is 35.5. The molecule has 0 saturated heterocycles. The smallest absolute Gasteiger partial charge is 0.232 e. The molecule has 2 aromatic carbocycles. The van der Waals surface area contributed by atoms with Crippen molar-refractivity contribution in [3.63, 3.8) is 0 Å². The number of sulfonamides is 1. The van der Waals surface area contributed by atoms with Crippen LogP contribution < -0.4 is 9.62 Å². The normalized spacial score (nSPS) is 11.3. The molecule has 5 nitrogen and oxygen atoms in total. The SMILES string of the molecule is Cc1ccccc1CNC(=O)CCCN(c1cccc(Cl)c1C)S(C)(=O)=O. The molecular weight excluding hydrogens is 384 g/mol. The fourth-order valence-electron chi connectivity index (χ4n) is 2.81. The molecule has 0 aliphatic carbocycles. The van der Waals surface area contributed by atoms with E-state index in [4.69, 9.17) is 11.6 Å². The van der Waals surface area contributed by atoms with Gasteiger partial charge in [-0.15, -0.1) is 0 Å². The largest absolute Gasteiger partial charge is 0.352 e. The Kier molecular flexibility index (Phi) is 7.27. The lowest BCUT2D eigenvalue weighted by molar-refractivity contribution is -0.121. The first kappa shape index (κ1) is 21.3. The van der Waals surface area contributed by atoms with Crippen LogP contribution in [0.5, 0.6) is 0 Å². The summed E-state index contributed by atoms with van der Waals surface area (Å²) >= 11 is 6.12. The van der Waals surface area contributed by atoms with Crippen molar-refractivity contribution in [2.75, 3.05) is 17.1 Å². The number of halogens is 1. The quantitative estimate of drug-likeness (QED) is 0.722. The van der Waals surface area contributed by atoms with E-state index in [1.165, 1.54) is 4.31 Å². The summed E-state index contributed by atoms with van der Waals surface area (Å²) in [5, 5.41) is 3.40. The highest BCUT2D eigenvalue weighted by Crippen LogP contribution is 2.28. The van der Waals surface area contributed by atoms with Gasteiger partial charge in [0.1, 0.15) is 0 Å². The van der Waals surface area contributed by atoms with E-state index in [9.17, 15) is 13.2 Å². The van der Waals surface area contributed by atoms with Gasteiger partial charge in [0.2, 0.25) is 15.9 Å². The Morgan fingerprint density at radius 3 is 2.48 bits per heavy atom. The van der Waals surface area contributed by atoms with Crippen LogP contribution in [0.25, 0.3) is 0 Å². The minimum Gasteiger partial charge on any atom is -0.352 e. The number of aryl methyl sites for hydroxylation is 1. The van der Waals surface area contributed by atoms with E-state index in [-0.39, 0.29) is 18.9 Å². The van der Waals surface area contributed by atoms with Crippen molar-refractivity contribution in [3.05, 3.63) is 64.2 Å². The zero-order valence-corrected chi connectivity index (χ0v) is 17.4. The molecule has 0 atom stereocenters. The lowest BCUT2D eigenvalue weighted by Gasteiger charge is -2.24. The van der Waals surface area contributed by atoms with Crippen LogP contribution in [0.4, 0.5) is 5.69 Å². The average Bonchev–Trinajstić information content (AvgIpc) is 2.60.